The summed E-state index contributed by atoms with van der Waals surface area (Å²) in [5.74, 6) is 0.0143. The van der Waals surface area contributed by atoms with Crippen molar-refractivity contribution in [1.82, 2.24) is 10.5 Å². The average Bonchev–Trinajstić information content (AvgIpc) is 3.11. The summed E-state index contributed by atoms with van der Waals surface area (Å²) in [5.41, 5.74) is 2.69. The van der Waals surface area contributed by atoms with E-state index in [0.717, 1.165) is 10.9 Å². The Labute approximate surface area is 187 Å². The summed E-state index contributed by atoms with van der Waals surface area (Å²) in [6.07, 6.45) is 0.294. The largest absolute Gasteiger partial charge is 0.394 e. The lowest BCUT2D eigenvalue weighted by atomic mass is 9.99. The predicted octanol–water partition coefficient (Wildman–Crippen LogP) is 4.06. The van der Waals surface area contributed by atoms with Crippen LogP contribution >= 0.6 is 0 Å². The van der Waals surface area contributed by atoms with Gasteiger partial charge in [0.25, 0.3) is 0 Å². The van der Waals surface area contributed by atoms with E-state index in [4.69, 9.17) is 9.36 Å². The molecule has 2 amide bonds. The molecule has 0 spiro atoms. The molecule has 32 heavy (non-hydrogen) atoms. The van der Waals surface area contributed by atoms with E-state index in [2.05, 4.69) is 20.9 Å². The van der Waals surface area contributed by atoms with Crippen LogP contribution in [0.3, 0.4) is 0 Å². The topological polar surface area (TPSA) is 106 Å². The van der Waals surface area contributed by atoms with E-state index < -0.39 is 0 Å². The van der Waals surface area contributed by atoms with E-state index in [1.165, 1.54) is 0 Å². The molecule has 0 aliphatic heterocycles. The van der Waals surface area contributed by atoms with Crippen LogP contribution in [0, 0.1) is 5.41 Å². The number of fused-ring (bicyclic) bond motifs is 1. The Hall–Kier alpha value is -3.68. The van der Waals surface area contributed by atoms with Crippen LogP contribution in [0.4, 0.5) is 5.69 Å². The molecule has 2 aromatic carbocycles. The summed E-state index contributed by atoms with van der Waals surface area (Å²) in [6, 6.07) is 14.5. The van der Waals surface area contributed by atoms with Gasteiger partial charge in [-0.3, -0.25) is 9.59 Å². The standard InChI is InChI=1S/C24H28N4O4/c1-16(27-31-15-24(2,3)4)25-22(29)13-17-9-11-18(12-10-17)26-23(30)14-20-19-7-5-6-8-21(19)32-28-20/h5-12H,13-15H2,1-4H3,(H,26,30)(H,25,27,29). The molecule has 0 fully saturated rings. The van der Waals surface area contributed by atoms with Gasteiger partial charge in [-0.2, -0.15) is 0 Å². The van der Waals surface area contributed by atoms with E-state index in [1.54, 1.807) is 31.2 Å². The van der Waals surface area contributed by atoms with Gasteiger partial charge in [-0.15, -0.1) is 0 Å². The summed E-state index contributed by atoms with van der Waals surface area (Å²) in [7, 11) is 0. The monoisotopic (exact) mass is 436 g/mol. The minimum absolute atomic E-state index is 0.00617. The smallest absolute Gasteiger partial charge is 0.230 e. The Morgan fingerprint density at radius 3 is 2.47 bits per heavy atom. The number of oxime groups is 1. The van der Waals surface area contributed by atoms with Gasteiger partial charge in [0.2, 0.25) is 11.8 Å². The lowest BCUT2D eigenvalue weighted by molar-refractivity contribution is -0.119. The molecule has 168 valence electrons. The van der Waals surface area contributed by atoms with Gasteiger partial charge in [-0.05, 0) is 42.2 Å². The third-order valence-corrected chi connectivity index (χ3v) is 4.40. The molecule has 0 atom stereocenters. The van der Waals surface area contributed by atoms with Crippen LogP contribution in [0.5, 0.6) is 0 Å². The van der Waals surface area contributed by atoms with Gasteiger partial charge in [-0.25, -0.2) is 0 Å². The number of carbonyl (C=O) groups excluding carboxylic acids is 2. The van der Waals surface area contributed by atoms with Crippen molar-refractivity contribution < 1.29 is 18.9 Å². The molecule has 0 aliphatic carbocycles. The van der Waals surface area contributed by atoms with Gasteiger partial charge in [0, 0.05) is 11.1 Å². The van der Waals surface area contributed by atoms with Gasteiger partial charge < -0.3 is 20.0 Å². The predicted molar refractivity (Wildman–Crippen MR) is 123 cm³/mol. The zero-order valence-corrected chi connectivity index (χ0v) is 18.8. The van der Waals surface area contributed by atoms with Gasteiger partial charge >= 0.3 is 0 Å². The molecule has 3 rings (SSSR count). The van der Waals surface area contributed by atoms with Crippen LogP contribution < -0.4 is 10.6 Å². The number of para-hydroxylation sites is 1. The highest BCUT2D eigenvalue weighted by atomic mass is 16.6. The van der Waals surface area contributed by atoms with Gasteiger partial charge in [0.05, 0.1) is 12.8 Å². The molecule has 1 heterocycles. The fraction of sp³-hybridized carbons (Fsp3) is 0.333. The minimum atomic E-state index is -0.198. The molecule has 0 aliphatic rings. The van der Waals surface area contributed by atoms with Crippen LogP contribution in [0.25, 0.3) is 11.0 Å². The normalized spacial score (nSPS) is 11.9. The van der Waals surface area contributed by atoms with E-state index in [0.29, 0.717) is 29.4 Å². The lowest BCUT2D eigenvalue weighted by Crippen LogP contribution is -2.30. The molecule has 8 nitrogen and oxygen atoms in total. The number of hydrogen-bond donors (Lipinski definition) is 2. The molecule has 0 saturated carbocycles. The minimum Gasteiger partial charge on any atom is -0.394 e. The molecule has 1 aromatic heterocycles. The van der Waals surface area contributed by atoms with Gasteiger partial charge in [0.15, 0.2) is 5.58 Å². The third kappa shape index (κ3) is 6.94. The van der Waals surface area contributed by atoms with Crippen molar-refractivity contribution in [3.8, 4) is 0 Å². The second-order valence-corrected chi connectivity index (χ2v) is 8.78. The number of aromatic nitrogens is 1. The first kappa shape index (κ1) is 23.0. The quantitative estimate of drug-likeness (QED) is 0.330. The first-order chi connectivity index (χ1) is 15.2. The number of carbonyl (C=O) groups is 2. The maximum Gasteiger partial charge on any atom is 0.230 e. The van der Waals surface area contributed by atoms with Crippen molar-refractivity contribution >= 4 is 34.3 Å². The second kappa shape index (κ2) is 10.1. The van der Waals surface area contributed by atoms with Crippen molar-refractivity contribution in [2.45, 2.75) is 40.5 Å². The average molecular weight is 437 g/mol. The Morgan fingerprint density at radius 1 is 1.03 bits per heavy atom. The van der Waals surface area contributed by atoms with E-state index >= 15 is 0 Å². The summed E-state index contributed by atoms with van der Waals surface area (Å²) in [6.45, 7) is 8.26. The summed E-state index contributed by atoms with van der Waals surface area (Å²) in [5, 5.41) is 14.3. The van der Waals surface area contributed by atoms with E-state index in [9.17, 15) is 9.59 Å². The number of nitrogens with zero attached hydrogens (tertiary/aromatic N) is 2. The number of amidine groups is 1. The second-order valence-electron chi connectivity index (χ2n) is 8.78. The fourth-order valence-electron chi connectivity index (χ4n) is 2.91. The molecule has 2 N–H and O–H groups in total. The van der Waals surface area contributed by atoms with E-state index in [1.807, 2.05) is 45.0 Å². The summed E-state index contributed by atoms with van der Waals surface area (Å²) >= 11 is 0. The van der Waals surface area contributed by atoms with Crippen molar-refractivity contribution in [3.05, 3.63) is 59.8 Å². The first-order valence-corrected chi connectivity index (χ1v) is 10.4. The number of rotatable bonds is 7. The van der Waals surface area contributed by atoms with Crippen LogP contribution in [-0.2, 0) is 27.3 Å². The molecular weight excluding hydrogens is 408 g/mol. The first-order valence-electron chi connectivity index (χ1n) is 10.4. The SMILES string of the molecule is C/C(=N\OCC(C)(C)C)NC(=O)Cc1ccc(NC(=O)Cc2noc3ccccc23)cc1. The Kier molecular flexibility index (Phi) is 7.25. The maximum absolute atomic E-state index is 12.4. The van der Waals surface area contributed by atoms with Crippen LogP contribution in [-0.4, -0.2) is 29.4 Å². The van der Waals surface area contributed by atoms with Crippen LogP contribution in [0.1, 0.15) is 39.0 Å². The molecular formula is C24H28N4O4. The van der Waals surface area contributed by atoms with Crippen molar-refractivity contribution in [2.24, 2.45) is 10.6 Å². The van der Waals surface area contributed by atoms with Gasteiger partial charge in [-0.1, -0.05) is 55.3 Å². The van der Waals surface area contributed by atoms with Crippen LogP contribution in [0.2, 0.25) is 0 Å². The third-order valence-electron chi connectivity index (χ3n) is 4.40. The highest BCUT2D eigenvalue weighted by Crippen LogP contribution is 2.19. The van der Waals surface area contributed by atoms with Crippen molar-refractivity contribution in [3.63, 3.8) is 0 Å². The Balaban J connectivity index is 1.48. The number of amides is 2. The summed E-state index contributed by atoms with van der Waals surface area (Å²) < 4.78 is 5.23. The highest BCUT2D eigenvalue weighted by molar-refractivity contribution is 5.97. The number of anilines is 1. The van der Waals surface area contributed by atoms with Crippen molar-refractivity contribution in [2.75, 3.05) is 11.9 Å². The van der Waals surface area contributed by atoms with E-state index in [-0.39, 0.29) is 30.1 Å². The Morgan fingerprint density at radius 2 is 1.75 bits per heavy atom. The fourth-order valence-corrected chi connectivity index (χ4v) is 2.91. The molecule has 0 bridgehead atoms. The zero-order valence-electron chi connectivity index (χ0n) is 18.8. The number of nitrogens with one attached hydrogen (secondary N) is 2. The Bertz CT molecular complexity index is 1110. The molecule has 3 aromatic rings. The summed E-state index contributed by atoms with van der Waals surface area (Å²) in [4.78, 5) is 29.8. The van der Waals surface area contributed by atoms with Gasteiger partial charge in [0.1, 0.15) is 18.1 Å². The molecule has 0 saturated heterocycles. The van der Waals surface area contributed by atoms with Crippen molar-refractivity contribution in [1.29, 1.82) is 0 Å². The highest BCUT2D eigenvalue weighted by Gasteiger charge is 2.13. The molecule has 8 heteroatoms. The lowest BCUT2D eigenvalue weighted by Gasteiger charge is -2.15. The number of benzene rings is 2. The number of hydrogen-bond acceptors (Lipinski definition) is 6. The zero-order chi connectivity index (χ0) is 23.1. The van der Waals surface area contributed by atoms with Crippen LogP contribution in [0.15, 0.2) is 58.2 Å². The molecule has 0 unspecified atom stereocenters. The maximum atomic E-state index is 12.4. The molecule has 0 radical (unpaired) electrons.